The van der Waals surface area contributed by atoms with Crippen LogP contribution in [0.25, 0.3) is 6.08 Å². The number of nitrogens with zero attached hydrogens (tertiary/aromatic N) is 1. The molecule has 1 heterocycles. The number of hydrogen-bond acceptors (Lipinski definition) is 2. The summed E-state index contributed by atoms with van der Waals surface area (Å²) in [6, 6.07) is 8.66. The summed E-state index contributed by atoms with van der Waals surface area (Å²) in [6.07, 6.45) is 4.46. The van der Waals surface area contributed by atoms with Gasteiger partial charge in [0, 0.05) is 13.1 Å². The van der Waals surface area contributed by atoms with Crippen molar-refractivity contribution in [3.63, 3.8) is 0 Å². The van der Waals surface area contributed by atoms with Crippen molar-refractivity contribution in [1.82, 2.24) is 4.90 Å². The highest BCUT2D eigenvalue weighted by molar-refractivity contribution is 5.47. The summed E-state index contributed by atoms with van der Waals surface area (Å²) in [7, 11) is 0. The molecule has 1 fully saturated rings. The van der Waals surface area contributed by atoms with E-state index in [1.54, 1.807) is 0 Å². The average Bonchev–Trinajstić information content (AvgIpc) is 2.40. The van der Waals surface area contributed by atoms with Crippen molar-refractivity contribution >= 4 is 6.08 Å². The number of piperidine rings is 1. The van der Waals surface area contributed by atoms with E-state index < -0.39 is 0 Å². The molecule has 1 aromatic rings. The topological polar surface area (TPSA) is 29.3 Å². The average molecular weight is 230 g/mol. The molecule has 1 aliphatic rings. The summed E-state index contributed by atoms with van der Waals surface area (Å²) in [5.74, 6) is 0.691. The lowest BCUT2D eigenvalue weighted by atomic mass is 9.98. The number of likely N-dealkylation sites (tertiary alicyclic amines) is 1. The molecule has 0 unspecified atom stereocenters. The molecule has 2 heteroatoms. The van der Waals surface area contributed by atoms with Crippen LogP contribution in [0, 0.1) is 5.92 Å². The van der Waals surface area contributed by atoms with E-state index in [0.717, 1.165) is 19.6 Å². The minimum atomic E-state index is 0.691. The third-order valence-electron chi connectivity index (χ3n) is 3.56. The first kappa shape index (κ1) is 12.3. The van der Waals surface area contributed by atoms with E-state index in [4.69, 9.17) is 5.73 Å². The van der Waals surface area contributed by atoms with Crippen LogP contribution in [-0.2, 0) is 6.54 Å². The molecule has 0 spiro atoms. The zero-order chi connectivity index (χ0) is 12.1. The van der Waals surface area contributed by atoms with Crippen molar-refractivity contribution in [2.75, 3.05) is 19.6 Å². The van der Waals surface area contributed by atoms with E-state index in [1.807, 2.05) is 6.08 Å². The summed E-state index contributed by atoms with van der Waals surface area (Å²) in [4.78, 5) is 2.52. The summed E-state index contributed by atoms with van der Waals surface area (Å²) >= 11 is 0. The molecule has 17 heavy (non-hydrogen) atoms. The van der Waals surface area contributed by atoms with Gasteiger partial charge in [0.1, 0.15) is 0 Å². The zero-order valence-corrected chi connectivity index (χ0v) is 10.4. The van der Waals surface area contributed by atoms with Crippen LogP contribution in [0.1, 0.15) is 24.0 Å². The van der Waals surface area contributed by atoms with Crippen LogP contribution in [-0.4, -0.2) is 24.5 Å². The van der Waals surface area contributed by atoms with E-state index in [2.05, 4.69) is 35.7 Å². The molecule has 1 aromatic carbocycles. The molecule has 2 N–H and O–H groups in total. The Morgan fingerprint density at radius 3 is 2.76 bits per heavy atom. The van der Waals surface area contributed by atoms with Crippen LogP contribution in [0.2, 0.25) is 0 Å². The number of rotatable bonds is 4. The first-order chi connectivity index (χ1) is 8.31. The molecule has 1 atom stereocenters. The maximum absolute atomic E-state index is 5.76. The molecular formula is C15H22N2. The second-order valence-electron chi connectivity index (χ2n) is 4.92. The van der Waals surface area contributed by atoms with Crippen molar-refractivity contribution in [2.45, 2.75) is 19.4 Å². The molecule has 0 aliphatic carbocycles. The van der Waals surface area contributed by atoms with Gasteiger partial charge in [-0.3, -0.25) is 4.90 Å². The molecule has 2 rings (SSSR count). The monoisotopic (exact) mass is 230 g/mol. The van der Waals surface area contributed by atoms with Crippen LogP contribution in [0.15, 0.2) is 30.8 Å². The largest absolute Gasteiger partial charge is 0.330 e. The van der Waals surface area contributed by atoms with E-state index >= 15 is 0 Å². The fraction of sp³-hybridized carbons (Fsp3) is 0.467. The fourth-order valence-corrected chi connectivity index (χ4v) is 2.50. The van der Waals surface area contributed by atoms with Crippen molar-refractivity contribution in [3.8, 4) is 0 Å². The third-order valence-corrected chi connectivity index (χ3v) is 3.56. The summed E-state index contributed by atoms with van der Waals surface area (Å²) in [5.41, 5.74) is 8.33. The van der Waals surface area contributed by atoms with E-state index in [1.165, 1.54) is 30.5 Å². The Labute approximate surface area is 104 Å². The highest BCUT2D eigenvalue weighted by Gasteiger charge is 2.18. The molecule has 92 valence electrons. The first-order valence-electron chi connectivity index (χ1n) is 6.45. The Bertz CT molecular complexity index is 356. The molecule has 0 bridgehead atoms. The van der Waals surface area contributed by atoms with Crippen LogP contribution in [0.5, 0.6) is 0 Å². The minimum absolute atomic E-state index is 0.691. The van der Waals surface area contributed by atoms with E-state index in [-0.39, 0.29) is 0 Å². The number of benzene rings is 1. The van der Waals surface area contributed by atoms with Gasteiger partial charge in [-0.25, -0.2) is 0 Å². The van der Waals surface area contributed by atoms with Gasteiger partial charge < -0.3 is 5.73 Å². The van der Waals surface area contributed by atoms with Crippen molar-refractivity contribution in [1.29, 1.82) is 0 Å². The maximum Gasteiger partial charge on any atom is 0.0233 e. The summed E-state index contributed by atoms with van der Waals surface area (Å²) in [5, 5.41) is 0. The lowest BCUT2D eigenvalue weighted by Gasteiger charge is -2.32. The van der Waals surface area contributed by atoms with Gasteiger partial charge in [-0.15, -0.1) is 0 Å². The molecule has 2 nitrogen and oxygen atoms in total. The molecule has 0 saturated carbocycles. The quantitative estimate of drug-likeness (QED) is 0.861. The number of hydrogen-bond donors (Lipinski definition) is 1. The third kappa shape index (κ3) is 3.42. The Balaban J connectivity index is 1.92. The Kier molecular flexibility index (Phi) is 4.35. The molecule has 1 aliphatic heterocycles. The molecule has 0 amide bonds. The molecule has 1 saturated heterocycles. The predicted molar refractivity (Wildman–Crippen MR) is 73.6 cm³/mol. The van der Waals surface area contributed by atoms with Crippen molar-refractivity contribution in [2.24, 2.45) is 11.7 Å². The van der Waals surface area contributed by atoms with Gasteiger partial charge >= 0.3 is 0 Å². The summed E-state index contributed by atoms with van der Waals surface area (Å²) < 4.78 is 0. The fourth-order valence-electron chi connectivity index (χ4n) is 2.50. The van der Waals surface area contributed by atoms with Crippen LogP contribution >= 0.6 is 0 Å². The normalized spacial score (nSPS) is 21.4. The van der Waals surface area contributed by atoms with Crippen LogP contribution in [0.3, 0.4) is 0 Å². The lowest BCUT2D eigenvalue weighted by molar-refractivity contribution is 0.171. The van der Waals surface area contributed by atoms with E-state index in [0.29, 0.717) is 5.92 Å². The standard InChI is InChI=1S/C15H22N2/c1-2-13-5-7-14(8-6-13)11-17-9-3-4-15(10-16)12-17/h2,5-8,15H,1,3-4,9-12,16H2/t15-/m0/s1. The van der Waals surface area contributed by atoms with Gasteiger partial charge in [0.05, 0.1) is 0 Å². The smallest absolute Gasteiger partial charge is 0.0233 e. The molecule has 0 radical (unpaired) electrons. The molecular weight excluding hydrogens is 208 g/mol. The van der Waals surface area contributed by atoms with Gasteiger partial charge in [-0.1, -0.05) is 36.9 Å². The van der Waals surface area contributed by atoms with Crippen molar-refractivity contribution in [3.05, 3.63) is 42.0 Å². The van der Waals surface area contributed by atoms with Gasteiger partial charge in [0.2, 0.25) is 0 Å². The Morgan fingerprint density at radius 2 is 2.12 bits per heavy atom. The highest BCUT2D eigenvalue weighted by atomic mass is 15.1. The second-order valence-corrected chi connectivity index (χ2v) is 4.92. The van der Waals surface area contributed by atoms with Gasteiger partial charge in [0.15, 0.2) is 0 Å². The van der Waals surface area contributed by atoms with Crippen LogP contribution in [0.4, 0.5) is 0 Å². The van der Waals surface area contributed by atoms with Gasteiger partial charge in [-0.05, 0) is 43.0 Å². The Hall–Kier alpha value is -1.12. The minimum Gasteiger partial charge on any atom is -0.330 e. The SMILES string of the molecule is C=Cc1ccc(CN2CCC[C@@H](CN)C2)cc1. The Morgan fingerprint density at radius 1 is 1.35 bits per heavy atom. The second kappa shape index (κ2) is 5.99. The maximum atomic E-state index is 5.76. The lowest BCUT2D eigenvalue weighted by Crippen LogP contribution is -2.37. The molecule has 0 aromatic heterocycles. The van der Waals surface area contributed by atoms with Gasteiger partial charge in [-0.2, -0.15) is 0 Å². The summed E-state index contributed by atoms with van der Waals surface area (Å²) in [6.45, 7) is 8.01. The van der Waals surface area contributed by atoms with E-state index in [9.17, 15) is 0 Å². The number of nitrogens with two attached hydrogens (primary N) is 1. The van der Waals surface area contributed by atoms with Crippen LogP contribution < -0.4 is 5.73 Å². The predicted octanol–water partition coefficient (Wildman–Crippen LogP) is 2.50. The van der Waals surface area contributed by atoms with Gasteiger partial charge in [0.25, 0.3) is 0 Å². The van der Waals surface area contributed by atoms with Crippen molar-refractivity contribution < 1.29 is 0 Å². The zero-order valence-electron chi connectivity index (χ0n) is 10.4. The highest BCUT2D eigenvalue weighted by Crippen LogP contribution is 2.17. The first-order valence-corrected chi connectivity index (χ1v) is 6.45.